The number of sulfone groups is 1. The summed E-state index contributed by atoms with van der Waals surface area (Å²) in [4.78, 5) is 16.5. The van der Waals surface area contributed by atoms with Gasteiger partial charge in [0.05, 0.1) is 17.2 Å². The second-order valence-electron chi connectivity index (χ2n) is 8.60. The topological polar surface area (TPSA) is 69.7 Å². The van der Waals surface area contributed by atoms with Gasteiger partial charge in [-0.05, 0) is 43.9 Å². The van der Waals surface area contributed by atoms with Gasteiger partial charge in [0.15, 0.2) is 9.84 Å². The number of carbonyl (C=O) groups excluding carboxylic acids is 1. The lowest BCUT2D eigenvalue weighted by atomic mass is 9.94. The van der Waals surface area contributed by atoms with Crippen molar-refractivity contribution in [1.82, 2.24) is 4.90 Å². The molecule has 6 nitrogen and oxygen atoms in total. The summed E-state index contributed by atoms with van der Waals surface area (Å²) in [5, 5.41) is 2.78. The van der Waals surface area contributed by atoms with E-state index in [4.69, 9.17) is 0 Å². The minimum absolute atomic E-state index is 0.00359. The highest BCUT2D eigenvalue weighted by molar-refractivity contribution is 7.91. The van der Waals surface area contributed by atoms with E-state index in [1.807, 2.05) is 18.9 Å². The van der Waals surface area contributed by atoms with Gasteiger partial charge in [-0.15, -0.1) is 0 Å². The summed E-state index contributed by atoms with van der Waals surface area (Å²) in [7, 11) is -1.16. The van der Waals surface area contributed by atoms with Crippen molar-refractivity contribution < 1.29 is 17.6 Å². The van der Waals surface area contributed by atoms with Crippen LogP contribution in [0.2, 0.25) is 0 Å². The first-order chi connectivity index (χ1) is 14.3. The van der Waals surface area contributed by atoms with Crippen molar-refractivity contribution in [3.05, 3.63) is 24.0 Å². The lowest BCUT2D eigenvalue weighted by Gasteiger charge is -2.33. The highest BCUT2D eigenvalue weighted by Gasteiger charge is 2.34. The van der Waals surface area contributed by atoms with Crippen LogP contribution in [0.5, 0.6) is 0 Å². The Morgan fingerprint density at radius 3 is 2.50 bits per heavy atom. The molecule has 1 aromatic carbocycles. The van der Waals surface area contributed by atoms with Gasteiger partial charge in [0.1, 0.15) is 5.82 Å². The van der Waals surface area contributed by atoms with Crippen LogP contribution in [0.15, 0.2) is 18.2 Å². The van der Waals surface area contributed by atoms with E-state index in [1.54, 1.807) is 17.0 Å². The Balaban J connectivity index is 1.69. The SMILES string of the molecule is CCCCN(C(=O)Nc1ccc(N(C)C2CCCCC2)c(F)c1)[C@@H]1CCS(=O)(=O)C1. The van der Waals surface area contributed by atoms with E-state index in [0.717, 1.165) is 25.7 Å². The number of amides is 2. The smallest absolute Gasteiger partial charge is 0.322 e. The van der Waals surface area contributed by atoms with Crippen LogP contribution in [-0.2, 0) is 9.84 Å². The first kappa shape index (κ1) is 22.8. The van der Waals surface area contributed by atoms with Gasteiger partial charge in [0.2, 0.25) is 0 Å². The molecule has 1 atom stereocenters. The molecule has 0 bridgehead atoms. The number of unbranched alkanes of at least 4 members (excludes halogenated alkanes) is 1. The first-order valence-electron chi connectivity index (χ1n) is 11.1. The van der Waals surface area contributed by atoms with Crippen molar-refractivity contribution >= 4 is 27.2 Å². The fourth-order valence-corrected chi connectivity index (χ4v) is 6.26. The maximum atomic E-state index is 14.8. The van der Waals surface area contributed by atoms with Crippen LogP contribution in [0.1, 0.15) is 58.3 Å². The summed E-state index contributed by atoms with van der Waals surface area (Å²) in [6, 6.07) is 4.47. The molecule has 1 saturated carbocycles. The molecule has 0 aromatic heterocycles. The van der Waals surface area contributed by atoms with Gasteiger partial charge in [0.25, 0.3) is 0 Å². The van der Waals surface area contributed by atoms with Gasteiger partial charge in [-0.25, -0.2) is 17.6 Å². The number of benzene rings is 1. The monoisotopic (exact) mass is 439 g/mol. The molecule has 0 radical (unpaired) electrons. The number of nitrogens with zero attached hydrogens (tertiary/aromatic N) is 2. The van der Waals surface area contributed by atoms with Gasteiger partial charge < -0.3 is 15.1 Å². The molecular formula is C22H34FN3O3S. The maximum absolute atomic E-state index is 14.8. The van der Waals surface area contributed by atoms with Crippen molar-refractivity contribution in [3.63, 3.8) is 0 Å². The minimum Gasteiger partial charge on any atom is -0.369 e. The van der Waals surface area contributed by atoms with Crippen molar-refractivity contribution in [2.75, 3.05) is 35.3 Å². The molecule has 2 aliphatic rings. The first-order valence-corrected chi connectivity index (χ1v) is 12.9. The molecule has 3 rings (SSSR count). The zero-order chi connectivity index (χ0) is 21.7. The van der Waals surface area contributed by atoms with Crippen LogP contribution in [0, 0.1) is 5.82 Å². The summed E-state index contributed by atoms with van der Waals surface area (Å²) in [6.07, 6.45) is 7.90. The van der Waals surface area contributed by atoms with Crippen molar-refractivity contribution in [2.24, 2.45) is 0 Å². The molecule has 1 saturated heterocycles. The number of nitrogens with one attached hydrogen (secondary N) is 1. The number of rotatable bonds is 7. The van der Waals surface area contributed by atoms with Gasteiger partial charge in [-0.1, -0.05) is 32.6 Å². The maximum Gasteiger partial charge on any atom is 0.322 e. The standard InChI is InChI=1S/C22H34FN3O3S/c1-3-4-13-26(19-12-14-30(28,29)16-19)22(27)24-17-10-11-21(20(23)15-17)25(2)18-8-6-5-7-9-18/h10-11,15,18-19H,3-9,12-14,16H2,1-2H3,(H,24,27)/t19-/m1/s1. The van der Waals surface area contributed by atoms with Crippen LogP contribution < -0.4 is 10.2 Å². The third-order valence-corrected chi connectivity index (χ3v) is 8.11. The molecule has 1 aliphatic carbocycles. The zero-order valence-corrected chi connectivity index (χ0v) is 18.9. The molecule has 0 spiro atoms. The third-order valence-electron chi connectivity index (χ3n) is 6.36. The Labute approximate surface area is 179 Å². The lowest BCUT2D eigenvalue weighted by Crippen LogP contribution is -2.44. The van der Waals surface area contributed by atoms with Crippen molar-refractivity contribution in [1.29, 1.82) is 0 Å². The van der Waals surface area contributed by atoms with E-state index in [1.165, 1.54) is 25.3 Å². The van der Waals surface area contributed by atoms with E-state index < -0.39 is 9.84 Å². The van der Waals surface area contributed by atoms with Crippen molar-refractivity contribution in [2.45, 2.75) is 70.4 Å². The average molecular weight is 440 g/mol. The quantitative estimate of drug-likeness (QED) is 0.683. The van der Waals surface area contributed by atoms with E-state index in [2.05, 4.69) is 5.32 Å². The Bertz CT molecular complexity index is 840. The van der Waals surface area contributed by atoms with E-state index >= 15 is 0 Å². The Hall–Kier alpha value is -1.83. The predicted octanol–water partition coefficient (Wildman–Crippen LogP) is 4.42. The molecule has 2 fully saturated rings. The van der Waals surface area contributed by atoms with E-state index in [9.17, 15) is 17.6 Å². The van der Waals surface area contributed by atoms with Crippen molar-refractivity contribution in [3.8, 4) is 0 Å². The predicted molar refractivity (Wildman–Crippen MR) is 119 cm³/mol. The normalized spacial score (nSPS) is 21.4. The Morgan fingerprint density at radius 1 is 1.17 bits per heavy atom. The second kappa shape index (κ2) is 9.98. The largest absolute Gasteiger partial charge is 0.369 e. The Kier molecular flexibility index (Phi) is 7.60. The number of carbonyl (C=O) groups is 1. The van der Waals surface area contributed by atoms with Crippen LogP contribution in [0.3, 0.4) is 0 Å². The molecule has 1 N–H and O–H groups in total. The number of hydrogen-bond donors (Lipinski definition) is 1. The number of hydrogen-bond acceptors (Lipinski definition) is 4. The molecule has 1 aromatic rings. The highest BCUT2D eigenvalue weighted by Crippen LogP contribution is 2.29. The molecular weight excluding hydrogens is 405 g/mol. The number of urea groups is 1. The lowest BCUT2D eigenvalue weighted by molar-refractivity contribution is 0.192. The molecule has 0 unspecified atom stereocenters. The van der Waals surface area contributed by atoms with E-state index in [0.29, 0.717) is 30.4 Å². The van der Waals surface area contributed by atoms with Crippen LogP contribution in [0.4, 0.5) is 20.6 Å². The fraction of sp³-hybridized carbons (Fsp3) is 0.682. The molecule has 1 heterocycles. The van der Waals surface area contributed by atoms with E-state index in [-0.39, 0.29) is 29.4 Å². The second-order valence-corrected chi connectivity index (χ2v) is 10.8. The van der Waals surface area contributed by atoms with Crippen LogP contribution in [0.25, 0.3) is 0 Å². The Morgan fingerprint density at radius 2 is 1.90 bits per heavy atom. The summed E-state index contributed by atoms with van der Waals surface area (Å²) in [5.41, 5.74) is 0.935. The van der Waals surface area contributed by atoms with Gasteiger partial charge >= 0.3 is 6.03 Å². The van der Waals surface area contributed by atoms with Crippen LogP contribution in [-0.4, -0.2) is 56.5 Å². The van der Waals surface area contributed by atoms with Gasteiger partial charge in [-0.2, -0.15) is 0 Å². The average Bonchev–Trinajstić information content (AvgIpc) is 3.08. The number of anilines is 2. The summed E-state index contributed by atoms with van der Waals surface area (Å²) in [6.45, 7) is 2.52. The van der Waals surface area contributed by atoms with Crippen LogP contribution >= 0.6 is 0 Å². The zero-order valence-electron chi connectivity index (χ0n) is 18.1. The summed E-state index contributed by atoms with van der Waals surface area (Å²) in [5.74, 6) is -0.238. The molecule has 2 amide bonds. The minimum atomic E-state index is -3.09. The molecule has 1 aliphatic heterocycles. The third kappa shape index (κ3) is 5.65. The molecule has 30 heavy (non-hydrogen) atoms. The summed E-state index contributed by atoms with van der Waals surface area (Å²) < 4.78 is 38.6. The highest BCUT2D eigenvalue weighted by atomic mass is 32.2. The summed E-state index contributed by atoms with van der Waals surface area (Å²) >= 11 is 0. The fourth-order valence-electron chi connectivity index (χ4n) is 4.53. The number of halogens is 1. The molecule has 8 heteroatoms. The van der Waals surface area contributed by atoms with Gasteiger partial charge in [0, 0.05) is 31.4 Å². The molecule has 168 valence electrons. The van der Waals surface area contributed by atoms with Gasteiger partial charge in [-0.3, -0.25) is 0 Å².